The number of hydrogen-bond donors (Lipinski definition) is 1. The molecule has 0 saturated heterocycles. The number of carbonyl (C=O) groups is 1. The predicted molar refractivity (Wildman–Crippen MR) is 76.1 cm³/mol. The number of carbonyl (C=O) groups excluding carboxylic acids is 1. The van der Waals surface area contributed by atoms with E-state index in [0.29, 0.717) is 11.3 Å². The number of sulfone groups is 1. The molecule has 0 bridgehead atoms. The predicted octanol–water partition coefficient (Wildman–Crippen LogP) is 2.54. The van der Waals surface area contributed by atoms with Crippen LogP contribution in [0.15, 0.2) is 59.5 Å². The van der Waals surface area contributed by atoms with E-state index < -0.39 is 15.1 Å². The van der Waals surface area contributed by atoms with Gasteiger partial charge in [0.25, 0.3) is 0 Å². The Kier molecular flexibility index (Phi) is 3.06. The third-order valence-electron chi connectivity index (χ3n) is 3.38. The van der Waals surface area contributed by atoms with E-state index in [1.807, 2.05) is 6.07 Å². The summed E-state index contributed by atoms with van der Waals surface area (Å²) >= 11 is 0. The highest BCUT2D eigenvalue weighted by Gasteiger charge is 2.35. The van der Waals surface area contributed by atoms with Crippen LogP contribution in [0.2, 0.25) is 0 Å². The lowest BCUT2D eigenvalue weighted by atomic mass is 10.1. The van der Waals surface area contributed by atoms with Gasteiger partial charge in [-0.1, -0.05) is 42.5 Å². The van der Waals surface area contributed by atoms with E-state index in [9.17, 15) is 13.2 Å². The second kappa shape index (κ2) is 4.76. The topological polar surface area (TPSA) is 63.2 Å². The highest BCUT2D eigenvalue weighted by Crippen LogP contribution is 2.37. The van der Waals surface area contributed by atoms with Crippen molar-refractivity contribution in [2.24, 2.45) is 0 Å². The highest BCUT2D eigenvalue weighted by atomic mass is 32.2. The van der Waals surface area contributed by atoms with E-state index in [-0.39, 0.29) is 17.2 Å². The van der Waals surface area contributed by atoms with Gasteiger partial charge in [-0.25, -0.2) is 8.42 Å². The molecule has 1 atom stereocenters. The fourth-order valence-corrected chi connectivity index (χ4v) is 4.30. The normalized spacial score (nSPS) is 20.6. The lowest BCUT2D eigenvalue weighted by Crippen LogP contribution is -2.16. The van der Waals surface area contributed by atoms with Gasteiger partial charge in [-0.2, -0.15) is 0 Å². The summed E-state index contributed by atoms with van der Waals surface area (Å²) in [6.07, 6.45) is -0.0684. The zero-order valence-corrected chi connectivity index (χ0v) is 11.4. The van der Waals surface area contributed by atoms with E-state index >= 15 is 0 Å². The second-order valence-electron chi connectivity index (χ2n) is 4.69. The molecule has 4 nitrogen and oxygen atoms in total. The van der Waals surface area contributed by atoms with Crippen LogP contribution in [0.1, 0.15) is 17.2 Å². The molecule has 0 spiro atoms. The monoisotopic (exact) mass is 287 g/mol. The van der Waals surface area contributed by atoms with E-state index in [0.717, 1.165) is 0 Å². The minimum absolute atomic E-state index is 0.0684. The number of para-hydroxylation sites is 1. The van der Waals surface area contributed by atoms with Crippen molar-refractivity contribution in [2.75, 3.05) is 5.32 Å². The summed E-state index contributed by atoms with van der Waals surface area (Å²) < 4.78 is 25.6. The van der Waals surface area contributed by atoms with Crippen LogP contribution in [-0.4, -0.2) is 14.3 Å². The molecule has 3 rings (SSSR count). The summed E-state index contributed by atoms with van der Waals surface area (Å²) in [5.41, 5.74) is 0.996. The molecule has 1 unspecified atom stereocenters. The van der Waals surface area contributed by atoms with Crippen molar-refractivity contribution in [2.45, 2.75) is 16.6 Å². The van der Waals surface area contributed by atoms with E-state index in [2.05, 4.69) is 5.32 Å². The van der Waals surface area contributed by atoms with Gasteiger partial charge < -0.3 is 5.32 Å². The molecule has 0 aromatic heterocycles. The number of benzene rings is 2. The van der Waals surface area contributed by atoms with Crippen molar-refractivity contribution in [1.82, 2.24) is 0 Å². The molecule has 5 heteroatoms. The Labute approximate surface area is 117 Å². The molecule has 1 heterocycles. The lowest BCUT2D eigenvalue weighted by molar-refractivity contribution is -0.116. The summed E-state index contributed by atoms with van der Waals surface area (Å²) in [5, 5.41) is 1.82. The van der Waals surface area contributed by atoms with Crippen molar-refractivity contribution < 1.29 is 13.2 Å². The van der Waals surface area contributed by atoms with Crippen LogP contribution in [-0.2, 0) is 14.6 Å². The van der Waals surface area contributed by atoms with Crippen LogP contribution in [0.5, 0.6) is 0 Å². The van der Waals surface area contributed by atoms with Gasteiger partial charge in [0.05, 0.1) is 15.8 Å². The summed E-state index contributed by atoms with van der Waals surface area (Å²) in [7, 11) is -3.59. The molecule has 1 aliphatic heterocycles. The Morgan fingerprint density at radius 1 is 0.950 bits per heavy atom. The fraction of sp³-hybridized carbons (Fsp3) is 0.133. The molecule has 1 aliphatic rings. The number of anilines is 1. The molecule has 102 valence electrons. The minimum Gasteiger partial charge on any atom is -0.325 e. The van der Waals surface area contributed by atoms with Crippen LogP contribution in [0.3, 0.4) is 0 Å². The molecule has 2 aromatic carbocycles. The Morgan fingerprint density at radius 2 is 1.60 bits per heavy atom. The van der Waals surface area contributed by atoms with Crippen molar-refractivity contribution in [3.05, 3.63) is 60.2 Å². The zero-order chi connectivity index (χ0) is 14.2. The standard InChI is InChI=1S/C15H13NO3S/c17-15-10-14(11-6-2-1-3-7-11)20(18,19)13-9-5-4-8-12(13)16-15/h1-9,14H,10H2,(H,16,17). The quantitative estimate of drug-likeness (QED) is 0.876. The van der Waals surface area contributed by atoms with Gasteiger partial charge in [-0.3, -0.25) is 4.79 Å². The average molecular weight is 287 g/mol. The fourth-order valence-electron chi connectivity index (χ4n) is 2.42. The van der Waals surface area contributed by atoms with Crippen LogP contribution in [0.25, 0.3) is 0 Å². The third kappa shape index (κ3) is 2.10. The third-order valence-corrected chi connectivity index (χ3v) is 5.54. The molecule has 20 heavy (non-hydrogen) atoms. The molecule has 0 radical (unpaired) electrons. The van der Waals surface area contributed by atoms with Gasteiger partial charge >= 0.3 is 0 Å². The maximum Gasteiger partial charge on any atom is 0.226 e. The Hall–Kier alpha value is -2.14. The van der Waals surface area contributed by atoms with Crippen molar-refractivity contribution in [1.29, 1.82) is 0 Å². The Morgan fingerprint density at radius 3 is 2.35 bits per heavy atom. The average Bonchev–Trinajstić information content (AvgIpc) is 2.55. The van der Waals surface area contributed by atoms with Crippen LogP contribution < -0.4 is 5.32 Å². The van der Waals surface area contributed by atoms with Gasteiger partial charge in [0.1, 0.15) is 0 Å². The summed E-state index contributed by atoms with van der Waals surface area (Å²) in [6.45, 7) is 0. The van der Waals surface area contributed by atoms with Crippen LogP contribution >= 0.6 is 0 Å². The molecular formula is C15H13NO3S. The number of amides is 1. The zero-order valence-electron chi connectivity index (χ0n) is 10.6. The SMILES string of the molecule is O=C1CC(c2ccccc2)S(=O)(=O)c2ccccc2N1. The minimum atomic E-state index is -3.59. The first kappa shape index (κ1) is 12.9. The number of rotatable bonds is 1. The van der Waals surface area contributed by atoms with Gasteiger partial charge in [0.2, 0.25) is 5.91 Å². The van der Waals surface area contributed by atoms with E-state index in [4.69, 9.17) is 0 Å². The van der Waals surface area contributed by atoms with Gasteiger partial charge in [0, 0.05) is 6.42 Å². The second-order valence-corrected chi connectivity index (χ2v) is 6.79. The molecule has 0 saturated carbocycles. The molecule has 1 N–H and O–H groups in total. The lowest BCUT2D eigenvalue weighted by Gasteiger charge is -2.14. The first-order valence-corrected chi connectivity index (χ1v) is 7.81. The van der Waals surface area contributed by atoms with Gasteiger partial charge in [-0.15, -0.1) is 0 Å². The summed E-state index contributed by atoms with van der Waals surface area (Å²) in [5.74, 6) is -0.285. The molecule has 1 amide bonds. The summed E-state index contributed by atoms with van der Waals surface area (Å²) in [6, 6.07) is 15.4. The largest absolute Gasteiger partial charge is 0.325 e. The maximum absolute atomic E-state index is 12.8. The number of fused-ring (bicyclic) bond motifs is 1. The molecule has 2 aromatic rings. The van der Waals surface area contributed by atoms with Crippen molar-refractivity contribution >= 4 is 21.4 Å². The first-order chi connectivity index (χ1) is 9.59. The highest BCUT2D eigenvalue weighted by molar-refractivity contribution is 7.92. The van der Waals surface area contributed by atoms with E-state index in [1.54, 1.807) is 42.5 Å². The smallest absolute Gasteiger partial charge is 0.226 e. The van der Waals surface area contributed by atoms with Crippen LogP contribution in [0.4, 0.5) is 5.69 Å². The first-order valence-electron chi connectivity index (χ1n) is 6.27. The number of nitrogens with one attached hydrogen (secondary N) is 1. The molecule has 0 aliphatic carbocycles. The Balaban J connectivity index is 2.20. The summed E-state index contributed by atoms with van der Waals surface area (Å²) in [4.78, 5) is 12.1. The Bertz CT molecular complexity index is 754. The number of hydrogen-bond acceptors (Lipinski definition) is 3. The van der Waals surface area contributed by atoms with Crippen LogP contribution in [0, 0.1) is 0 Å². The van der Waals surface area contributed by atoms with Gasteiger partial charge in [-0.05, 0) is 17.7 Å². The van der Waals surface area contributed by atoms with E-state index in [1.165, 1.54) is 6.07 Å². The van der Waals surface area contributed by atoms with Crippen molar-refractivity contribution in [3.8, 4) is 0 Å². The molecular weight excluding hydrogens is 274 g/mol. The van der Waals surface area contributed by atoms with Crippen molar-refractivity contribution in [3.63, 3.8) is 0 Å². The maximum atomic E-state index is 12.8. The van der Waals surface area contributed by atoms with Gasteiger partial charge in [0.15, 0.2) is 9.84 Å². The molecule has 0 fully saturated rings.